The van der Waals surface area contributed by atoms with Gasteiger partial charge in [0.15, 0.2) is 5.78 Å². The number of carbonyl (C=O) groups is 1. The van der Waals surface area contributed by atoms with E-state index in [1.165, 1.54) is 0 Å². The van der Waals surface area contributed by atoms with Gasteiger partial charge in [0.05, 0.1) is 14.2 Å². The molecule has 22 heavy (non-hydrogen) atoms. The van der Waals surface area contributed by atoms with Crippen LogP contribution >= 0.6 is 0 Å². The van der Waals surface area contributed by atoms with Crippen molar-refractivity contribution in [2.24, 2.45) is 0 Å². The van der Waals surface area contributed by atoms with Gasteiger partial charge < -0.3 is 9.47 Å². The first-order valence-corrected chi connectivity index (χ1v) is 7.51. The zero-order valence-corrected chi connectivity index (χ0v) is 13.3. The predicted octanol–water partition coefficient (Wildman–Crippen LogP) is 4.47. The molecule has 0 radical (unpaired) electrons. The van der Waals surface area contributed by atoms with Crippen molar-refractivity contribution >= 4 is 5.78 Å². The van der Waals surface area contributed by atoms with Crippen molar-refractivity contribution in [3.8, 4) is 11.5 Å². The second-order valence-electron chi connectivity index (χ2n) is 5.22. The lowest BCUT2D eigenvalue weighted by Gasteiger charge is -2.17. The molecule has 3 heteroatoms. The molecule has 3 nitrogen and oxygen atoms in total. The summed E-state index contributed by atoms with van der Waals surface area (Å²) >= 11 is 0. The minimum absolute atomic E-state index is 0.137. The molecule has 0 aliphatic rings. The van der Waals surface area contributed by atoms with Gasteiger partial charge in [-0.25, -0.2) is 0 Å². The molecular weight excluding hydrogens is 276 g/mol. The molecule has 0 fully saturated rings. The first-order valence-electron chi connectivity index (χ1n) is 7.51. The average molecular weight is 298 g/mol. The van der Waals surface area contributed by atoms with E-state index >= 15 is 0 Å². The standard InChI is InChI=1S/C19H22O3/c1-4-8-18(19(20)14-9-6-5-7-10-14)15-11-16(21-2)13-17(12-15)22-3/h5-7,9-13,18H,4,8H2,1-3H3. The van der Waals surface area contributed by atoms with Gasteiger partial charge in [0.1, 0.15) is 11.5 Å². The van der Waals surface area contributed by atoms with Crippen LogP contribution in [0.3, 0.4) is 0 Å². The highest BCUT2D eigenvalue weighted by Gasteiger charge is 2.22. The highest BCUT2D eigenvalue weighted by molar-refractivity contribution is 6.01. The summed E-state index contributed by atoms with van der Waals surface area (Å²) in [7, 11) is 3.23. The van der Waals surface area contributed by atoms with Crippen molar-refractivity contribution < 1.29 is 14.3 Å². The van der Waals surface area contributed by atoms with Gasteiger partial charge in [0, 0.05) is 17.5 Å². The van der Waals surface area contributed by atoms with Crippen molar-refractivity contribution in [1.82, 2.24) is 0 Å². The molecule has 0 bridgehead atoms. The molecule has 0 aliphatic carbocycles. The second-order valence-corrected chi connectivity index (χ2v) is 5.22. The minimum Gasteiger partial charge on any atom is -0.497 e. The van der Waals surface area contributed by atoms with Gasteiger partial charge in [-0.3, -0.25) is 4.79 Å². The van der Waals surface area contributed by atoms with Gasteiger partial charge in [-0.2, -0.15) is 0 Å². The van der Waals surface area contributed by atoms with Gasteiger partial charge >= 0.3 is 0 Å². The third-order valence-electron chi connectivity index (χ3n) is 3.73. The quantitative estimate of drug-likeness (QED) is 0.707. The van der Waals surface area contributed by atoms with E-state index in [0.29, 0.717) is 11.5 Å². The maximum Gasteiger partial charge on any atom is 0.170 e. The van der Waals surface area contributed by atoms with Crippen LogP contribution in [0.25, 0.3) is 0 Å². The van der Waals surface area contributed by atoms with Gasteiger partial charge in [-0.15, -0.1) is 0 Å². The zero-order valence-electron chi connectivity index (χ0n) is 13.3. The van der Waals surface area contributed by atoms with E-state index in [4.69, 9.17) is 9.47 Å². The van der Waals surface area contributed by atoms with E-state index in [9.17, 15) is 4.79 Å². The summed E-state index contributed by atoms with van der Waals surface area (Å²) in [5, 5.41) is 0. The third-order valence-corrected chi connectivity index (χ3v) is 3.73. The molecule has 2 aromatic rings. The number of rotatable bonds is 7. The number of benzene rings is 2. The molecule has 2 aromatic carbocycles. The van der Waals surface area contributed by atoms with Crippen LogP contribution in [-0.2, 0) is 0 Å². The van der Waals surface area contributed by atoms with Crippen LogP contribution in [0.15, 0.2) is 48.5 Å². The topological polar surface area (TPSA) is 35.5 Å². The Morgan fingerprint density at radius 2 is 1.59 bits per heavy atom. The first-order chi connectivity index (χ1) is 10.7. The van der Waals surface area contributed by atoms with Gasteiger partial charge in [-0.1, -0.05) is 43.7 Å². The van der Waals surface area contributed by atoms with Gasteiger partial charge in [0.2, 0.25) is 0 Å². The van der Waals surface area contributed by atoms with E-state index in [-0.39, 0.29) is 11.7 Å². The highest BCUT2D eigenvalue weighted by atomic mass is 16.5. The molecule has 0 spiro atoms. The maximum absolute atomic E-state index is 12.9. The van der Waals surface area contributed by atoms with Crippen LogP contribution < -0.4 is 9.47 Å². The van der Waals surface area contributed by atoms with E-state index in [2.05, 4.69) is 6.92 Å². The SMILES string of the molecule is CCCC(C(=O)c1ccccc1)c1cc(OC)cc(OC)c1. The number of ketones is 1. The van der Waals surface area contributed by atoms with Crippen molar-refractivity contribution in [3.05, 3.63) is 59.7 Å². The summed E-state index contributed by atoms with van der Waals surface area (Å²) in [4.78, 5) is 12.9. The highest BCUT2D eigenvalue weighted by Crippen LogP contribution is 2.32. The summed E-state index contributed by atoms with van der Waals surface area (Å²) in [6.07, 6.45) is 1.73. The van der Waals surface area contributed by atoms with Crippen LogP contribution in [0, 0.1) is 0 Å². The monoisotopic (exact) mass is 298 g/mol. The van der Waals surface area contributed by atoms with E-state index in [1.807, 2.05) is 48.5 Å². The van der Waals surface area contributed by atoms with E-state index in [0.717, 1.165) is 24.0 Å². The summed E-state index contributed by atoms with van der Waals surface area (Å²) < 4.78 is 10.6. The van der Waals surface area contributed by atoms with Crippen molar-refractivity contribution in [2.75, 3.05) is 14.2 Å². The van der Waals surface area contributed by atoms with Crippen molar-refractivity contribution in [2.45, 2.75) is 25.7 Å². The Labute approximate surface area is 131 Å². The predicted molar refractivity (Wildman–Crippen MR) is 88.0 cm³/mol. The molecule has 0 amide bonds. The van der Waals surface area contributed by atoms with Crippen molar-refractivity contribution in [3.63, 3.8) is 0 Å². The van der Waals surface area contributed by atoms with Gasteiger partial charge in [0.25, 0.3) is 0 Å². The maximum atomic E-state index is 12.9. The summed E-state index contributed by atoms with van der Waals surface area (Å²) in [5.41, 5.74) is 1.68. The fourth-order valence-electron chi connectivity index (χ4n) is 2.57. The Hall–Kier alpha value is -2.29. The third kappa shape index (κ3) is 3.67. The summed E-state index contributed by atoms with van der Waals surface area (Å²) in [5.74, 6) is 1.36. The number of hydrogen-bond acceptors (Lipinski definition) is 3. The lowest BCUT2D eigenvalue weighted by Crippen LogP contribution is -2.13. The smallest absolute Gasteiger partial charge is 0.170 e. The van der Waals surface area contributed by atoms with Crippen LogP contribution in [0.5, 0.6) is 11.5 Å². The Balaban J connectivity index is 2.41. The summed E-state index contributed by atoms with van der Waals surface area (Å²) in [6.45, 7) is 2.09. The van der Waals surface area contributed by atoms with Crippen LogP contribution in [0.2, 0.25) is 0 Å². The molecule has 0 aliphatic heterocycles. The first kappa shape index (κ1) is 16.1. The van der Waals surface area contributed by atoms with E-state index < -0.39 is 0 Å². The largest absolute Gasteiger partial charge is 0.497 e. The normalized spacial score (nSPS) is 11.8. The lowest BCUT2D eigenvalue weighted by atomic mass is 9.87. The minimum atomic E-state index is -0.184. The Kier molecular flexibility index (Phi) is 5.59. The second kappa shape index (κ2) is 7.64. The van der Waals surface area contributed by atoms with E-state index in [1.54, 1.807) is 14.2 Å². The Bertz CT molecular complexity index is 598. The molecule has 0 heterocycles. The Morgan fingerprint density at radius 3 is 2.09 bits per heavy atom. The molecule has 2 rings (SSSR count). The molecule has 1 unspecified atom stereocenters. The lowest BCUT2D eigenvalue weighted by molar-refractivity contribution is 0.0954. The number of ether oxygens (including phenoxy) is 2. The molecule has 0 saturated carbocycles. The van der Waals surface area contributed by atoms with Crippen molar-refractivity contribution in [1.29, 1.82) is 0 Å². The Morgan fingerprint density at radius 1 is 1.00 bits per heavy atom. The summed E-state index contributed by atoms with van der Waals surface area (Å²) in [6, 6.07) is 15.1. The van der Waals surface area contributed by atoms with Crippen LogP contribution in [0.1, 0.15) is 41.6 Å². The zero-order chi connectivity index (χ0) is 15.9. The fourth-order valence-corrected chi connectivity index (χ4v) is 2.57. The number of carbonyl (C=O) groups excluding carboxylic acids is 1. The van der Waals surface area contributed by atoms with Gasteiger partial charge in [-0.05, 0) is 24.1 Å². The molecular formula is C19H22O3. The molecule has 0 aromatic heterocycles. The molecule has 0 N–H and O–H groups in total. The number of methoxy groups -OCH3 is 2. The van der Waals surface area contributed by atoms with Crippen LogP contribution in [0.4, 0.5) is 0 Å². The van der Waals surface area contributed by atoms with Crippen LogP contribution in [-0.4, -0.2) is 20.0 Å². The number of Topliss-reactive ketones (excluding diaryl/α,β-unsaturated/α-hetero) is 1. The fraction of sp³-hybridized carbons (Fsp3) is 0.316. The average Bonchev–Trinajstić information content (AvgIpc) is 2.59. The molecule has 116 valence electrons. The number of hydrogen-bond donors (Lipinski definition) is 0. The molecule has 1 atom stereocenters. The molecule has 0 saturated heterocycles.